The van der Waals surface area contributed by atoms with E-state index >= 15 is 0 Å². The van der Waals surface area contributed by atoms with Gasteiger partial charge >= 0.3 is 0 Å². The van der Waals surface area contributed by atoms with Gasteiger partial charge < -0.3 is 46.2 Å². The monoisotopic (exact) mass is 1100 g/mol. The van der Waals surface area contributed by atoms with E-state index in [9.17, 15) is 34.2 Å². The molecule has 2 aromatic carbocycles. The number of benzene rings is 2. The smallest absolute Gasteiger partial charge is 0.246 e. The van der Waals surface area contributed by atoms with Crippen molar-refractivity contribution in [2.24, 2.45) is 5.41 Å². The van der Waals surface area contributed by atoms with Crippen LogP contribution in [0.2, 0.25) is 5.02 Å². The van der Waals surface area contributed by atoms with Crippen molar-refractivity contribution >= 4 is 58.3 Å². The van der Waals surface area contributed by atoms with E-state index in [4.69, 9.17) is 11.6 Å². The van der Waals surface area contributed by atoms with Crippen molar-refractivity contribution < 1.29 is 34.2 Å². The Balaban J connectivity index is 0.740. The molecule has 418 valence electrons. The topological polar surface area (TPSA) is 222 Å². The Labute approximate surface area is 463 Å². The summed E-state index contributed by atoms with van der Waals surface area (Å²) in [6, 6.07) is 13.3. The first-order valence-corrected chi connectivity index (χ1v) is 29.0. The Bertz CT molecular complexity index is 2600. The number of nitrogens with one attached hydrogen (secondary N) is 4. The van der Waals surface area contributed by atoms with Crippen molar-refractivity contribution in [3.8, 4) is 10.4 Å². The quantitative estimate of drug-likeness (QED) is 0.0355. The second-order valence-corrected chi connectivity index (χ2v) is 23.6. The summed E-state index contributed by atoms with van der Waals surface area (Å²) in [4.78, 5) is 87.7. The van der Waals surface area contributed by atoms with E-state index in [1.165, 1.54) is 11.2 Å². The Morgan fingerprint density at radius 1 is 0.779 bits per heavy atom. The fourth-order valence-electron chi connectivity index (χ4n) is 10.8. The zero-order valence-corrected chi connectivity index (χ0v) is 47.4. The van der Waals surface area contributed by atoms with Gasteiger partial charge in [0.05, 0.1) is 45.9 Å². The average Bonchev–Trinajstić information content (AvgIpc) is 4.13. The molecule has 0 bridgehead atoms. The molecule has 5 amide bonds. The van der Waals surface area contributed by atoms with Gasteiger partial charge in [0.1, 0.15) is 24.2 Å². The van der Waals surface area contributed by atoms with Crippen LogP contribution in [0, 0.1) is 12.3 Å². The SMILES string of the molecule is Cc1ncsc1-c1ccc([C@H](C)NC(=O)[C@@H]2C[C@@H](O)CN2C(=O)C(NC(=O)CCCCCCCCCCNC(=O)CCNCC(C(=O)N2CCN(c3ncnc4c3[C@H](C)C[C@H]4O)CC2)c2ccc(Cl)cc2)C(C)(C)C)cc1. The molecule has 17 nitrogen and oxygen atoms in total. The minimum absolute atomic E-state index is 0.0190. The van der Waals surface area contributed by atoms with Crippen molar-refractivity contribution in [3.05, 3.63) is 93.5 Å². The number of fused-ring (bicyclic) bond motifs is 1. The summed E-state index contributed by atoms with van der Waals surface area (Å²) in [6.45, 7) is 15.4. The number of likely N-dealkylation sites (tertiary alicyclic amines) is 1. The summed E-state index contributed by atoms with van der Waals surface area (Å²) in [5, 5.41) is 34.2. The molecule has 2 fully saturated rings. The molecule has 4 aromatic rings. The number of piperazine rings is 1. The molecule has 2 unspecified atom stereocenters. The lowest BCUT2D eigenvalue weighted by Gasteiger charge is -2.38. The van der Waals surface area contributed by atoms with Crippen LogP contribution in [0.5, 0.6) is 0 Å². The van der Waals surface area contributed by atoms with E-state index in [0.717, 1.165) is 83.6 Å². The van der Waals surface area contributed by atoms with Gasteiger partial charge in [-0.15, -0.1) is 11.3 Å². The van der Waals surface area contributed by atoms with Crippen LogP contribution in [0.3, 0.4) is 0 Å². The van der Waals surface area contributed by atoms with Crippen molar-refractivity contribution in [2.75, 3.05) is 57.3 Å². The van der Waals surface area contributed by atoms with Gasteiger partial charge in [0.2, 0.25) is 29.5 Å². The number of nitrogens with zero attached hydrogens (tertiary/aromatic N) is 6. The number of anilines is 1. The molecule has 0 saturated carbocycles. The zero-order chi connectivity index (χ0) is 55.2. The van der Waals surface area contributed by atoms with Crippen LogP contribution in [-0.2, 0) is 24.0 Å². The van der Waals surface area contributed by atoms with Crippen LogP contribution < -0.4 is 26.2 Å². The highest BCUT2D eigenvalue weighted by atomic mass is 35.5. The summed E-state index contributed by atoms with van der Waals surface area (Å²) in [5.41, 5.74) is 6.71. The number of aliphatic hydroxyl groups excluding tert-OH is 2. The van der Waals surface area contributed by atoms with Crippen molar-refractivity contribution in [2.45, 2.75) is 161 Å². The van der Waals surface area contributed by atoms with E-state index in [2.05, 4.69) is 48.0 Å². The molecule has 4 heterocycles. The molecule has 3 aliphatic rings. The number of unbranched alkanes of at least 4 members (excludes halogenated alkanes) is 7. The lowest BCUT2D eigenvalue weighted by Crippen LogP contribution is -2.57. The number of hydrogen-bond acceptors (Lipinski definition) is 13. The molecule has 7 rings (SSSR count). The van der Waals surface area contributed by atoms with E-state index in [1.54, 1.807) is 23.5 Å². The molecule has 2 saturated heterocycles. The zero-order valence-electron chi connectivity index (χ0n) is 45.9. The minimum atomic E-state index is -0.868. The highest BCUT2D eigenvalue weighted by Crippen LogP contribution is 2.43. The van der Waals surface area contributed by atoms with Crippen molar-refractivity contribution in [3.63, 3.8) is 0 Å². The number of β-amino-alcohol motifs (C(OH)–C–C–N with tert-alkyl or cyclic N) is 1. The first-order chi connectivity index (χ1) is 36.9. The predicted molar refractivity (Wildman–Crippen MR) is 301 cm³/mol. The van der Waals surface area contributed by atoms with E-state index in [-0.39, 0.29) is 54.5 Å². The molecule has 6 N–H and O–H groups in total. The summed E-state index contributed by atoms with van der Waals surface area (Å²) in [6.07, 6.45) is 9.08. The van der Waals surface area contributed by atoms with Crippen molar-refractivity contribution in [1.82, 2.24) is 46.0 Å². The van der Waals surface area contributed by atoms with Gasteiger partial charge in [-0.05, 0) is 73.3 Å². The number of aliphatic hydroxyl groups is 2. The molecular formula is C58H81ClN10O7S. The van der Waals surface area contributed by atoms with Gasteiger partial charge in [-0.25, -0.2) is 15.0 Å². The number of aryl methyl sites for hydroxylation is 1. The van der Waals surface area contributed by atoms with Crippen molar-refractivity contribution in [1.29, 1.82) is 0 Å². The molecule has 7 atom stereocenters. The molecule has 1 aliphatic carbocycles. The first kappa shape index (κ1) is 59.1. The third-order valence-electron chi connectivity index (χ3n) is 15.3. The second kappa shape index (κ2) is 27.9. The number of halogens is 1. The minimum Gasteiger partial charge on any atom is -0.391 e. The molecule has 0 radical (unpaired) electrons. The number of carbonyl (C=O) groups is 5. The maximum absolute atomic E-state index is 14.1. The van der Waals surface area contributed by atoms with Gasteiger partial charge in [-0.2, -0.15) is 0 Å². The highest BCUT2D eigenvalue weighted by Gasteiger charge is 2.45. The molecule has 77 heavy (non-hydrogen) atoms. The summed E-state index contributed by atoms with van der Waals surface area (Å²) >= 11 is 7.79. The number of rotatable bonds is 25. The van der Waals surface area contributed by atoms with Crippen LogP contribution >= 0.6 is 22.9 Å². The van der Waals surface area contributed by atoms with Crippen LogP contribution in [-0.4, -0.2) is 135 Å². The fourth-order valence-corrected chi connectivity index (χ4v) is 11.8. The molecular weight excluding hydrogens is 1020 g/mol. The molecule has 2 aromatic heterocycles. The molecule has 0 spiro atoms. The van der Waals surface area contributed by atoms with E-state index in [1.807, 2.05) is 81.4 Å². The average molecular weight is 1100 g/mol. The number of hydrogen-bond donors (Lipinski definition) is 6. The summed E-state index contributed by atoms with van der Waals surface area (Å²) in [7, 11) is 0. The number of aromatic nitrogens is 3. The van der Waals surface area contributed by atoms with E-state index < -0.39 is 35.6 Å². The number of amides is 5. The maximum atomic E-state index is 14.1. The van der Waals surface area contributed by atoms with Gasteiger partial charge in [0, 0.05) is 82.2 Å². The third-order valence-corrected chi connectivity index (χ3v) is 16.6. The predicted octanol–water partition coefficient (Wildman–Crippen LogP) is 7.51. The van der Waals surface area contributed by atoms with E-state index in [0.29, 0.717) is 82.2 Å². The van der Waals surface area contributed by atoms with Crippen LogP contribution in [0.15, 0.2) is 60.4 Å². The summed E-state index contributed by atoms with van der Waals surface area (Å²) < 4.78 is 0. The van der Waals surface area contributed by atoms with Gasteiger partial charge in [0.25, 0.3) is 0 Å². The summed E-state index contributed by atoms with van der Waals surface area (Å²) in [5.74, 6) is -0.358. The Morgan fingerprint density at radius 3 is 2.10 bits per heavy atom. The van der Waals surface area contributed by atoms with Gasteiger partial charge in [-0.1, -0.05) is 114 Å². The van der Waals surface area contributed by atoms with Crippen LogP contribution in [0.4, 0.5) is 5.82 Å². The first-order valence-electron chi connectivity index (χ1n) is 27.8. The van der Waals surface area contributed by atoms with Gasteiger partial charge in [0.15, 0.2) is 0 Å². The lowest BCUT2D eigenvalue weighted by atomic mass is 9.85. The van der Waals surface area contributed by atoms with Crippen LogP contribution in [0.1, 0.15) is 164 Å². The van der Waals surface area contributed by atoms with Crippen LogP contribution in [0.25, 0.3) is 10.4 Å². The Morgan fingerprint density at radius 2 is 1.44 bits per heavy atom. The second-order valence-electron chi connectivity index (χ2n) is 22.3. The standard InChI is InChI=1S/C58H81ClN10O7S/c1-37-31-47(71)51-50(37)54(63-35-62-51)67-27-29-68(30-28-67)56(75)45(41-20-22-43(59)23-21-41)33-60-26-24-48(72)61-25-14-12-10-8-7-9-11-13-15-49(73)66-53(58(4,5)6)57(76)69-34-44(70)32-46(69)55(74)65-38(2)40-16-18-42(19-17-40)52-39(3)64-36-77-52/h16-23,35-38,44-47,53,60,70-71H,7-15,24-34H2,1-6H3,(H,61,72)(H,65,74)(H,66,73)/t37-,38+,44-,45?,46+,47-,53?/m1/s1. The maximum Gasteiger partial charge on any atom is 0.246 e. The Hall–Kier alpha value is -5.53. The normalized spacial score (nSPS) is 19.6. The number of carbonyl (C=O) groups excluding carboxylic acids is 5. The molecule has 19 heteroatoms. The third kappa shape index (κ3) is 16.1. The largest absolute Gasteiger partial charge is 0.391 e. The fraction of sp³-hybridized carbons (Fsp3) is 0.586. The Kier molecular flexibility index (Phi) is 21.4. The highest BCUT2D eigenvalue weighted by molar-refractivity contribution is 7.13. The lowest BCUT2D eigenvalue weighted by molar-refractivity contribution is -0.144. The molecule has 2 aliphatic heterocycles. The van der Waals surface area contributed by atoms with Gasteiger partial charge in [-0.3, -0.25) is 24.0 Å². The number of thiazole rings is 1.